The zero-order chi connectivity index (χ0) is 29.3. The smallest absolute Gasteiger partial charge is 0.305 e. The summed E-state index contributed by atoms with van der Waals surface area (Å²) in [6, 6.07) is 12.3. The summed E-state index contributed by atoms with van der Waals surface area (Å²) in [6.45, 7) is 20.6. The summed E-state index contributed by atoms with van der Waals surface area (Å²) in [5.74, 6) is 0.126. The summed E-state index contributed by atoms with van der Waals surface area (Å²) in [5.41, 5.74) is 5.99. The predicted octanol–water partition coefficient (Wildman–Crippen LogP) is 9.12. The van der Waals surface area contributed by atoms with Gasteiger partial charge in [-0.2, -0.15) is 0 Å². The highest BCUT2D eigenvalue weighted by atomic mass is 16.5. The van der Waals surface area contributed by atoms with E-state index in [2.05, 4.69) is 56.2 Å². The topological polar surface area (TPSA) is 71.2 Å². The van der Waals surface area contributed by atoms with Gasteiger partial charge in [-0.3, -0.25) is 9.59 Å². The van der Waals surface area contributed by atoms with Crippen LogP contribution in [-0.2, 0) is 16.0 Å². The Balaban J connectivity index is 0. The Morgan fingerprint density at radius 1 is 1.00 bits per heavy atom. The first-order chi connectivity index (χ1) is 18.3. The van der Waals surface area contributed by atoms with E-state index in [-0.39, 0.29) is 25.8 Å². The predicted molar refractivity (Wildman–Crippen MR) is 165 cm³/mol. The van der Waals surface area contributed by atoms with Crippen molar-refractivity contribution in [2.24, 2.45) is 5.92 Å². The Kier molecular flexibility index (Phi) is 17.5. The fraction of sp³-hybridized carbons (Fsp3) is 0.515. The molecule has 0 bridgehead atoms. The monoisotopic (exact) mass is 526 g/mol. The molecule has 0 aliphatic rings. The molecule has 0 radical (unpaired) electrons. The maximum absolute atomic E-state index is 13.5. The molecule has 0 spiro atoms. The van der Waals surface area contributed by atoms with E-state index >= 15 is 0 Å². The fourth-order valence-electron chi connectivity index (χ4n) is 4.28. The van der Waals surface area contributed by atoms with Crippen molar-refractivity contribution >= 4 is 22.8 Å². The standard InChI is InChI=1S/C27H34N2O3.3C2H6.H2/c1-6-17(2)15-24(21-13-18(3)12-19(4)14-21)29-27(31)22-16-28-23-9-7-8-20(26(22)23)10-11-25(30)32-5;3*1-2;/h7-9,12-14,16-17,24,28H,6,10-11,15H2,1-5H3,(H,29,31);3*1-2H3;1H. The number of hydrogen-bond acceptors (Lipinski definition) is 3. The normalized spacial score (nSPS) is 11.4. The minimum atomic E-state index is -0.257. The quantitative estimate of drug-likeness (QED) is 0.273. The zero-order valence-electron chi connectivity index (χ0n) is 25.7. The molecule has 5 nitrogen and oxygen atoms in total. The second kappa shape index (κ2) is 19.1. The Labute approximate surface area is 233 Å². The van der Waals surface area contributed by atoms with Crippen molar-refractivity contribution in [2.45, 2.75) is 101 Å². The van der Waals surface area contributed by atoms with Gasteiger partial charge in [0.05, 0.1) is 18.7 Å². The lowest BCUT2D eigenvalue weighted by Crippen LogP contribution is -2.30. The largest absolute Gasteiger partial charge is 0.469 e. The number of ether oxygens (including phenoxy) is 1. The number of hydrogen-bond donors (Lipinski definition) is 2. The molecule has 1 amide bonds. The molecule has 0 aliphatic heterocycles. The van der Waals surface area contributed by atoms with Gasteiger partial charge < -0.3 is 15.0 Å². The van der Waals surface area contributed by atoms with Crippen molar-refractivity contribution in [3.8, 4) is 0 Å². The molecule has 3 rings (SSSR count). The van der Waals surface area contributed by atoms with E-state index in [9.17, 15) is 9.59 Å². The molecule has 2 atom stereocenters. The number of nitrogens with one attached hydrogen (secondary N) is 2. The molecule has 214 valence electrons. The van der Waals surface area contributed by atoms with Crippen LogP contribution in [0.4, 0.5) is 0 Å². The van der Waals surface area contributed by atoms with E-state index in [4.69, 9.17) is 4.74 Å². The van der Waals surface area contributed by atoms with Crippen molar-refractivity contribution in [3.63, 3.8) is 0 Å². The third kappa shape index (κ3) is 10.4. The molecule has 0 saturated heterocycles. The molecular weight excluding hydrogens is 472 g/mol. The molecule has 38 heavy (non-hydrogen) atoms. The highest BCUT2D eigenvalue weighted by molar-refractivity contribution is 6.08. The molecule has 2 unspecified atom stereocenters. The van der Waals surface area contributed by atoms with Crippen molar-refractivity contribution in [3.05, 3.63) is 70.4 Å². The van der Waals surface area contributed by atoms with E-state index in [1.807, 2.05) is 59.7 Å². The number of aromatic amines is 1. The van der Waals surface area contributed by atoms with Gasteiger partial charge in [-0.05, 0) is 49.8 Å². The molecule has 2 N–H and O–H groups in total. The van der Waals surface area contributed by atoms with Crippen LogP contribution in [-0.4, -0.2) is 24.0 Å². The first kappa shape index (κ1) is 34.9. The second-order valence-electron chi connectivity index (χ2n) is 8.81. The number of methoxy groups -OCH3 is 1. The Morgan fingerprint density at radius 3 is 2.16 bits per heavy atom. The van der Waals surface area contributed by atoms with Gasteiger partial charge in [-0.1, -0.05) is 103 Å². The van der Waals surface area contributed by atoms with Crippen LogP contribution in [0.3, 0.4) is 0 Å². The maximum atomic E-state index is 13.5. The van der Waals surface area contributed by atoms with Gasteiger partial charge in [0.15, 0.2) is 0 Å². The molecule has 2 aromatic carbocycles. The van der Waals surface area contributed by atoms with Gasteiger partial charge in [0.1, 0.15) is 0 Å². The summed E-state index contributed by atoms with van der Waals surface area (Å²) < 4.78 is 4.79. The summed E-state index contributed by atoms with van der Waals surface area (Å²) in [7, 11) is 1.39. The van der Waals surface area contributed by atoms with Crippen LogP contribution in [0.5, 0.6) is 0 Å². The van der Waals surface area contributed by atoms with Crippen LogP contribution in [0, 0.1) is 19.8 Å². The van der Waals surface area contributed by atoms with Gasteiger partial charge in [0.25, 0.3) is 5.91 Å². The molecule has 0 fully saturated rings. The van der Waals surface area contributed by atoms with E-state index in [1.54, 1.807) is 6.20 Å². The number of esters is 1. The van der Waals surface area contributed by atoms with Crippen molar-refractivity contribution < 1.29 is 15.8 Å². The first-order valence-electron chi connectivity index (χ1n) is 14.4. The van der Waals surface area contributed by atoms with Crippen molar-refractivity contribution in [1.29, 1.82) is 0 Å². The van der Waals surface area contributed by atoms with E-state index in [1.165, 1.54) is 18.2 Å². The van der Waals surface area contributed by atoms with Crippen LogP contribution in [0.1, 0.15) is 115 Å². The third-order valence-corrected chi connectivity index (χ3v) is 6.15. The SMILES string of the molecule is CC.CC.CC.CCC(C)CC(NC(=O)c1c[nH]c2cccc(CCC(=O)OC)c12)c1cc(C)cc(C)c1.[HH]. The summed E-state index contributed by atoms with van der Waals surface area (Å²) in [5, 5.41) is 4.17. The number of aryl methyl sites for hydroxylation is 3. The van der Waals surface area contributed by atoms with Gasteiger partial charge in [-0.15, -0.1) is 0 Å². The first-order valence-corrected chi connectivity index (χ1v) is 14.4. The maximum Gasteiger partial charge on any atom is 0.305 e. The minimum absolute atomic E-state index is 0. The van der Waals surface area contributed by atoms with E-state index in [0.29, 0.717) is 17.9 Å². The Bertz CT molecular complexity index is 1090. The van der Waals surface area contributed by atoms with Gasteiger partial charge in [-0.25, -0.2) is 0 Å². The number of benzene rings is 2. The summed E-state index contributed by atoms with van der Waals surface area (Å²) in [6.07, 6.45) is 4.50. The van der Waals surface area contributed by atoms with Gasteiger partial charge >= 0.3 is 5.97 Å². The number of aromatic nitrogens is 1. The average Bonchev–Trinajstić information content (AvgIpc) is 3.39. The van der Waals surface area contributed by atoms with Gasteiger partial charge in [0.2, 0.25) is 0 Å². The highest BCUT2D eigenvalue weighted by Crippen LogP contribution is 2.28. The van der Waals surface area contributed by atoms with Crippen LogP contribution < -0.4 is 5.32 Å². The number of carbonyl (C=O) groups excluding carboxylic acids is 2. The third-order valence-electron chi connectivity index (χ3n) is 6.15. The molecular formula is C33H54N2O3. The van der Waals surface area contributed by atoms with Crippen LogP contribution >= 0.6 is 0 Å². The molecule has 5 heteroatoms. The number of rotatable bonds is 9. The number of carbonyl (C=O) groups is 2. The number of amides is 1. The fourth-order valence-corrected chi connectivity index (χ4v) is 4.28. The van der Waals surface area contributed by atoms with Crippen LogP contribution in [0.2, 0.25) is 0 Å². The van der Waals surface area contributed by atoms with Crippen LogP contribution in [0.25, 0.3) is 10.9 Å². The molecule has 1 heterocycles. The van der Waals surface area contributed by atoms with E-state index < -0.39 is 0 Å². The lowest BCUT2D eigenvalue weighted by atomic mass is 9.92. The Hall–Kier alpha value is -3.08. The molecule has 0 aliphatic carbocycles. The van der Waals surface area contributed by atoms with Gasteiger partial charge in [0, 0.05) is 24.9 Å². The second-order valence-corrected chi connectivity index (χ2v) is 8.81. The molecule has 0 saturated carbocycles. The number of fused-ring (bicyclic) bond motifs is 1. The van der Waals surface area contributed by atoms with E-state index in [0.717, 1.165) is 34.9 Å². The van der Waals surface area contributed by atoms with Crippen LogP contribution in [0.15, 0.2) is 42.6 Å². The summed E-state index contributed by atoms with van der Waals surface area (Å²) in [4.78, 5) is 28.3. The summed E-state index contributed by atoms with van der Waals surface area (Å²) >= 11 is 0. The molecule has 3 aromatic rings. The Morgan fingerprint density at radius 2 is 1.61 bits per heavy atom. The highest BCUT2D eigenvalue weighted by Gasteiger charge is 2.22. The average molecular weight is 527 g/mol. The van der Waals surface area contributed by atoms with Crippen molar-refractivity contribution in [1.82, 2.24) is 10.3 Å². The lowest BCUT2D eigenvalue weighted by molar-refractivity contribution is -0.140. The minimum Gasteiger partial charge on any atom is -0.469 e. The lowest BCUT2D eigenvalue weighted by Gasteiger charge is -2.23. The van der Waals surface area contributed by atoms with Crippen molar-refractivity contribution in [2.75, 3.05) is 7.11 Å². The zero-order valence-corrected chi connectivity index (χ0v) is 25.7. The number of H-pyrrole nitrogens is 1. The molecule has 1 aromatic heterocycles.